The van der Waals surface area contributed by atoms with Crippen molar-refractivity contribution in [3.05, 3.63) is 35.4 Å². The van der Waals surface area contributed by atoms with E-state index in [9.17, 15) is 13.6 Å². The van der Waals surface area contributed by atoms with Crippen molar-refractivity contribution in [3.8, 4) is 0 Å². The second-order valence-corrected chi connectivity index (χ2v) is 5.16. The molecule has 0 spiro atoms. The van der Waals surface area contributed by atoms with Crippen LogP contribution in [0.15, 0.2) is 18.2 Å². The van der Waals surface area contributed by atoms with Crippen molar-refractivity contribution in [2.75, 3.05) is 0 Å². The third-order valence-corrected chi connectivity index (χ3v) is 3.96. The number of hydrogen-bond acceptors (Lipinski definition) is 2. The summed E-state index contributed by atoms with van der Waals surface area (Å²) in [5, 5.41) is 2.61. The Labute approximate surface area is 115 Å². The first-order valence-corrected chi connectivity index (χ1v) is 6.39. The number of thiocarbonyl (C=S) groups is 1. The van der Waals surface area contributed by atoms with Gasteiger partial charge in [-0.2, -0.15) is 0 Å². The van der Waals surface area contributed by atoms with E-state index in [0.29, 0.717) is 12.8 Å². The van der Waals surface area contributed by atoms with E-state index in [4.69, 9.17) is 18.0 Å². The van der Waals surface area contributed by atoms with Gasteiger partial charge in [0.1, 0.15) is 11.6 Å². The highest BCUT2D eigenvalue weighted by Gasteiger charge is 2.46. The van der Waals surface area contributed by atoms with Crippen LogP contribution in [0.4, 0.5) is 8.78 Å². The Hall–Kier alpha value is -1.56. The maximum Gasteiger partial charge on any atom is 0.233 e. The van der Waals surface area contributed by atoms with Gasteiger partial charge in [-0.3, -0.25) is 4.79 Å². The molecule has 0 bridgehead atoms. The number of carbonyl (C=O) groups is 1. The van der Waals surface area contributed by atoms with Crippen molar-refractivity contribution >= 4 is 23.1 Å². The van der Waals surface area contributed by atoms with E-state index in [1.807, 2.05) is 0 Å². The van der Waals surface area contributed by atoms with Gasteiger partial charge in [-0.25, -0.2) is 8.78 Å². The Bertz CT molecular complexity index is 529. The molecule has 1 aromatic rings. The molecule has 0 atom stereocenters. The molecular weight excluding hydrogens is 270 g/mol. The first-order chi connectivity index (χ1) is 8.95. The van der Waals surface area contributed by atoms with Crippen LogP contribution in [-0.4, -0.2) is 10.9 Å². The van der Waals surface area contributed by atoms with E-state index in [1.54, 1.807) is 0 Å². The predicted molar refractivity (Wildman–Crippen MR) is 71.3 cm³/mol. The largest absolute Gasteiger partial charge is 0.392 e. The molecule has 3 N–H and O–H groups in total. The highest BCUT2D eigenvalue weighted by molar-refractivity contribution is 7.80. The van der Waals surface area contributed by atoms with Crippen LogP contribution in [-0.2, 0) is 11.3 Å². The number of nitrogens with one attached hydrogen (secondary N) is 1. The minimum atomic E-state index is -0.786. The molecule has 0 unspecified atom stereocenters. The van der Waals surface area contributed by atoms with Crippen LogP contribution in [0, 0.1) is 17.0 Å². The number of halogens is 2. The standard InChI is InChI=1S/C13H14F2N2OS/c14-9-3-2-8(10(15)6-9)7-17-12(18)13(11(16)19)4-1-5-13/h2-3,6H,1,4-5,7H2,(H2,16,19)(H,17,18). The molecule has 0 aromatic heterocycles. The molecule has 0 saturated heterocycles. The molecule has 1 saturated carbocycles. The van der Waals surface area contributed by atoms with Gasteiger partial charge in [-0.1, -0.05) is 24.7 Å². The summed E-state index contributed by atoms with van der Waals surface area (Å²) in [4.78, 5) is 12.2. The van der Waals surface area contributed by atoms with E-state index in [1.165, 1.54) is 6.07 Å². The zero-order valence-electron chi connectivity index (χ0n) is 10.2. The first kappa shape index (κ1) is 13.9. The van der Waals surface area contributed by atoms with Gasteiger partial charge in [0.15, 0.2) is 0 Å². The third kappa shape index (κ3) is 2.58. The van der Waals surface area contributed by atoms with Crippen LogP contribution in [0.5, 0.6) is 0 Å². The lowest BCUT2D eigenvalue weighted by Crippen LogP contribution is -2.52. The van der Waals surface area contributed by atoms with Gasteiger partial charge in [0.05, 0.1) is 10.4 Å². The molecule has 1 fully saturated rings. The van der Waals surface area contributed by atoms with Crippen molar-refractivity contribution in [2.45, 2.75) is 25.8 Å². The maximum atomic E-state index is 13.4. The van der Waals surface area contributed by atoms with Gasteiger partial charge in [-0.15, -0.1) is 0 Å². The third-order valence-electron chi connectivity index (χ3n) is 3.57. The Morgan fingerprint density at radius 2 is 2.11 bits per heavy atom. The van der Waals surface area contributed by atoms with E-state index in [0.717, 1.165) is 18.6 Å². The zero-order chi connectivity index (χ0) is 14.0. The molecule has 0 radical (unpaired) electrons. The Morgan fingerprint density at radius 1 is 1.42 bits per heavy atom. The van der Waals surface area contributed by atoms with E-state index < -0.39 is 17.0 Å². The number of nitrogens with two attached hydrogens (primary N) is 1. The Kier molecular flexibility index (Phi) is 3.80. The van der Waals surface area contributed by atoms with Gasteiger partial charge in [0.25, 0.3) is 0 Å². The molecule has 1 aliphatic carbocycles. The summed E-state index contributed by atoms with van der Waals surface area (Å²) in [6.07, 6.45) is 2.15. The normalized spacial score (nSPS) is 16.5. The van der Waals surface area contributed by atoms with Gasteiger partial charge >= 0.3 is 0 Å². The highest BCUT2D eigenvalue weighted by Crippen LogP contribution is 2.41. The minimum absolute atomic E-state index is 0.00465. The highest BCUT2D eigenvalue weighted by atomic mass is 32.1. The summed E-state index contributed by atoms with van der Waals surface area (Å²) in [5.74, 6) is -1.61. The fourth-order valence-corrected chi connectivity index (χ4v) is 2.42. The average molecular weight is 284 g/mol. The molecule has 3 nitrogen and oxygen atoms in total. The van der Waals surface area contributed by atoms with E-state index >= 15 is 0 Å². The van der Waals surface area contributed by atoms with Crippen LogP contribution in [0.1, 0.15) is 24.8 Å². The maximum absolute atomic E-state index is 13.4. The van der Waals surface area contributed by atoms with Crippen LogP contribution < -0.4 is 11.1 Å². The van der Waals surface area contributed by atoms with Crippen molar-refractivity contribution in [2.24, 2.45) is 11.1 Å². The summed E-state index contributed by atoms with van der Waals surface area (Å²) < 4.78 is 26.2. The molecular formula is C13H14F2N2OS. The monoisotopic (exact) mass is 284 g/mol. The van der Waals surface area contributed by atoms with Crippen molar-refractivity contribution in [1.29, 1.82) is 0 Å². The second kappa shape index (κ2) is 5.21. The van der Waals surface area contributed by atoms with Gasteiger partial charge in [-0.05, 0) is 18.9 Å². The lowest BCUT2D eigenvalue weighted by atomic mass is 9.68. The molecule has 2 rings (SSSR count). The SMILES string of the molecule is NC(=S)C1(C(=O)NCc2ccc(F)cc2F)CCC1. The van der Waals surface area contributed by atoms with Crippen molar-refractivity contribution < 1.29 is 13.6 Å². The van der Waals surface area contributed by atoms with E-state index in [-0.39, 0.29) is 23.0 Å². The van der Waals surface area contributed by atoms with Crippen LogP contribution in [0.3, 0.4) is 0 Å². The Balaban J connectivity index is 2.02. The molecule has 19 heavy (non-hydrogen) atoms. The van der Waals surface area contributed by atoms with Crippen LogP contribution in [0.25, 0.3) is 0 Å². The number of benzene rings is 1. The summed E-state index contributed by atoms with van der Waals surface area (Å²) >= 11 is 4.92. The fourth-order valence-electron chi connectivity index (χ4n) is 2.13. The molecule has 102 valence electrons. The number of amides is 1. The molecule has 0 aliphatic heterocycles. The molecule has 6 heteroatoms. The van der Waals surface area contributed by atoms with Crippen LogP contribution in [0.2, 0.25) is 0 Å². The van der Waals surface area contributed by atoms with Gasteiger partial charge < -0.3 is 11.1 Å². The molecule has 1 aromatic carbocycles. The number of carbonyl (C=O) groups excluding carboxylic acids is 1. The average Bonchev–Trinajstić information content (AvgIpc) is 2.25. The molecule has 1 aliphatic rings. The predicted octanol–water partition coefficient (Wildman–Crippen LogP) is 2.04. The fraction of sp³-hybridized carbons (Fsp3) is 0.385. The second-order valence-electron chi connectivity index (χ2n) is 4.72. The lowest BCUT2D eigenvalue weighted by Gasteiger charge is -2.39. The van der Waals surface area contributed by atoms with Crippen molar-refractivity contribution in [1.82, 2.24) is 5.32 Å². The summed E-state index contributed by atoms with van der Waals surface area (Å²) in [6.45, 7) is -0.00465. The summed E-state index contributed by atoms with van der Waals surface area (Å²) in [6, 6.07) is 3.24. The van der Waals surface area contributed by atoms with Crippen molar-refractivity contribution in [3.63, 3.8) is 0 Å². The minimum Gasteiger partial charge on any atom is -0.392 e. The molecule has 0 heterocycles. The van der Waals surface area contributed by atoms with Gasteiger partial charge in [0, 0.05) is 18.2 Å². The summed E-state index contributed by atoms with van der Waals surface area (Å²) in [5.41, 5.74) is 5.04. The first-order valence-electron chi connectivity index (χ1n) is 5.98. The smallest absolute Gasteiger partial charge is 0.233 e. The number of rotatable bonds is 4. The van der Waals surface area contributed by atoms with Crippen LogP contribution >= 0.6 is 12.2 Å². The quantitative estimate of drug-likeness (QED) is 0.832. The number of hydrogen-bond donors (Lipinski definition) is 2. The summed E-state index contributed by atoms with van der Waals surface area (Å²) in [7, 11) is 0. The molecule has 1 amide bonds. The van der Waals surface area contributed by atoms with E-state index in [2.05, 4.69) is 5.32 Å². The van der Waals surface area contributed by atoms with Gasteiger partial charge in [0.2, 0.25) is 5.91 Å². The Morgan fingerprint density at radius 3 is 2.58 bits per heavy atom. The zero-order valence-corrected chi connectivity index (χ0v) is 11.0. The topological polar surface area (TPSA) is 55.1 Å². The lowest BCUT2D eigenvalue weighted by molar-refractivity contribution is -0.131.